The van der Waals surface area contributed by atoms with Gasteiger partial charge in [-0.25, -0.2) is 4.39 Å². The second-order valence-corrected chi connectivity index (χ2v) is 6.61. The van der Waals surface area contributed by atoms with Crippen molar-refractivity contribution in [1.82, 2.24) is 19.9 Å². The Morgan fingerprint density at radius 2 is 2.08 bits per heavy atom. The summed E-state index contributed by atoms with van der Waals surface area (Å²) < 4.78 is 23.5. The lowest BCUT2D eigenvalue weighted by Gasteiger charge is -2.36. The zero-order chi connectivity index (χ0) is 17.8. The van der Waals surface area contributed by atoms with Gasteiger partial charge in [0.25, 0.3) is 0 Å². The van der Waals surface area contributed by atoms with Crippen molar-refractivity contribution in [3.63, 3.8) is 0 Å². The number of ether oxygens (including phenoxy) is 1. The molecular formula is C17H22ClFN4O2. The highest BCUT2D eigenvalue weighted by atomic mass is 35.5. The monoisotopic (exact) mass is 368 g/mol. The van der Waals surface area contributed by atoms with Crippen molar-refractivity contribution in [2.45, 2.75) is 26.1 Å². The first-order valence-corrected chi connectivity index (χ1v) is 8.66. The average Bonchev–Trinajstić information content (AvgIpc) is 3.06. The maximum Gasteiger partial charge on any atom is 0.243 e. The minimum absolute atomic E-state index is 0.0645. The van der Waals surface area contributed by atoms with Gasteiger partial charge in [-0.05, 0) is 24.6 Å². The minimum atomic E-state index is -0.306. The second-order valence-electron chi connectivity index (χ2n) is 6.21. The first kappa shape index (κ1) is 18.3. The molecule has 2 aromatic rings. The van der Waals surface area contributed by atoms with Gasteiger partial charge in [0.15, 0.2) is 5.82 Å². The molecule has 0 spiro atoms. The van der Waals surface area contributed by atoms with E-state index in [1.807, 2.05) is 0 Å². The third-order valence-electron chi connectivity index (χ3n) is 4.48. The van der Waals surface area contributed by atoms with Gasteiger partial charge in [-0.15, -0.1) is 0 Å². The maximum atomic E-state index is 13.1. The third-order valence-corrected chi connectivity index (χ3v) is 4.83. The van der Waals surface area contributed by atoms with Crippen LogP contribution < -0.4 is 0 Å². The summed E-state index contributed by atoms with van der Waals surface area (Å²) in [6.07, 6.45) is 0. The lowest BCUT2D eigenvalue weighted by atomic mass is 10.1. The van der Waals surface area contributed by atoms with Crippen molar-refractivity contribution in [2.75, 3.05) is 33.3 Å². The molecule has 1 unspecified atom stereocenters. The summed E-state index contributed by atoms with van der Waals surface area (Å²) in [4.78, 5) is 9.00. The van der Waals surface area contributed by atoms with Crippen LogP contribution in [-0.2, 0) is 17.9 Å². The molecule has 1 aromatic carbocycles. The van der Waals surface area contributed by atoms with Crippen LogP contribution in [-0.4, -0.2) is 53.2 Å². The van der Waals surface area contributed by atoms with Gasteiger partial charge < -0.3 is 9.26 Å². The molecule has 6 nitrogen and oxygen atoms in total. The molecule has 136 valence electrons. The molecule has 1 aliphatic heterocycles. The van der Waals surface area contributed by atoms with Gasteiger partial charge in [-0.3, -0.25) is 9.80 Å². The summed E-state index contributed by atoms with van der Waals surface area (Å²) in [5, 5.41) is 4.39. The van der Waals surface area contributed by atoms with Crippen LogP contribution in [0.4, 0.5) is 4.39 Å². The van der Waals surface area contributed by atoms with Crippen LogP contribution in [0.5, 0.6) is 0 Å². The van der Waals surface area contributed by atoms with E-state index in [1.165, 1.54) is 12.1 Å². The number of hydrogen-bond acceptors (Lipinski definition) is 6. The molecule has 1 atom stereocenters. The van der Waals surface area contributed by atoms with E-state index >= 15 is 0 Å². The number of aromatic nitrogens is 2. The number of methoxy groups -OCH3 is 1. The van der Waals surface area contributed by atoms with E-state index in [4.69, 9.17) is 20.9 Å². The topological polar surface area (TPSA) is 54.6 Å². The fourth-order valence-corrected chi connectivity index (χ4v) is 3.21. The molecule has 2 heterocycles. The minimum Gasteiger partial charge on any atom is -0.377 e. The Bertz CT molecular complexity index is 704. The summed E-state index contributed by atoms with van der Waals surface area (Å²) in [6, 6.07) is 4.63. The number of piperazine rings is 1. The molecule has 0 amide bonds. The van der Waals surface area contributed by atoms with Gasteiger partial charge in [-0.1, -0.05) is 22.8 Å². The number of hydrogen-bond donors (Lipinski definition) is 0. The van der Waals surface area contributed by atoms with Crippen LogP contribution in [0.2, 0.25) is 5.02 Å². The average molecular weight is 369 g/mol. The zero-order valence-electron chi connectivity index (χ0n) is 14.4. The highest BCUT2D eigenvalue weighted by molar-refractivity contribution is 6.31. The number of nitrogens with zero attached hydrogens (tertiary/aromatic N) is 4. The Balaban J connectivity index is 1.54. The Morgan fingerprint density at radius 1 is 1.32 bits per heavy atom. The van der Waals surface area contributed by atoms with Gasteiger partial charge in [0.1, 0.15) is 12.4 Å². The largest absolute Gasteiger partial charge is 0.377 e. The Kier molecular flexibility index (Phi) is 6.01. The number of benzene rings is 1. The molecule has 0 bridgehead atoms. The molecule has 1 saturated heterocycles. The van der Waals surface area contributed by atoms with Crippen molar-refractivity contribution in [1.29, 1.82) is 0 Å². The van der Waals surface area contributed by atoms with Crippen LogP contribution in [0, 0.1) is 5.82 Å². The van der Waals surface area contributed by atoms with Crippen LogP contribution in [0.1, 0.15) is 30.2 Å². The van der Waals surface area contributed by atoms with Crippen molar-refractivity contribution in [3.8, 4) is 0 Å². The predicted octanol–water partition coefficient (Wildman–Crippen LogP) is 2.89. The predicted molar refractivity (Wildman–Crippen MR) is 91.7 cm³/mol. The van der Waals surface area contributed by atoms with E-state index in [0.29, 0.717) is 23.3 Å². The van der Waals surface area contributed by atoms with Crippen LogP contribution >= 0.6 is 11.6 Å². The van der Waals surface area contributed by atoms with E-state index in [1.54, 1.807) is 13.2 Å². The summed E-state index contributed by atoms with van der Waals surface area (Å²) >= 11 is 6.12. The van der Waals surface area contributed by atoms with Gasteiger partial charge in [-0.2, -0.15) is 4.98 Å². The fourth-order valence-electron chi connectivity index (χ4n) is 2.98. The zero-order valence-corrected chi connectivity index (χ0v) is 15.2. The number of rotatable bonds is 6. The highest BCUT2D eigenvalue weighted by Gasteiger charge is 2.26. The first-order chi connectivity index (χ1) is 12.1. The molecule has 0 N–H and O–H groups in total. The molecule has 1 aromatic heterocycles. The first-order valence-electron chi connectivity index (χ1n) is 8.28. The Hall–Kier alpha value is -1.54. The molecule has 0 saturated carbocycles. The van der Waals surface area contributed by atoms with Crippen molar-refractivity contribution in [2.24, 2.45) is 0 Å². The smallest absolute Gasteiger partial charge is 0.243 e. The standard InChI is InChI=1S/C17H22ClFN4O2/c1-12(17-20-16(11-24-2)21-25-17)23-7-5-22(6-8-23)10-13-3-4-14(19)9-15(13)18/h3-4,9,12H,5-8,10-11H2,1-2H3. The van der Waals surface area contributed by atoms with Gasteiger partial charge in [0.05, 0.1) is 6.04 Å². The molecule has 0 radical (unpaired) electrons. The maximum absolute atomic E-state index is 13.1. The van der Waals surface area contributed by atoms with Crippen molar-refractivity contribution < 1.29 is 13.7 Å². The molecule has 1 aliphatic rings. The number of halogens is 2. The second kappa shape index (κ2) is 8.23. The lowest BCUT2D eigenvalue weighted by molar-refractivity contribution is 0.0845. The van der Waals surface area contributed by atoms with Gasteiger partial charge in [0.2, 0.25) is 5.89 Å². The quantitative estimate of drug-likeness (QED) is 0.781. The summed E-state index contributed by atoms with van der Waals surface area (Å²) in [5.41, 5.74) is 0.950. The summed E-state index contributed by atoms with van der Waals surface area (Å²) in [5.74, 6) is 0.871. The normalized spacial score (nSPS) is 17.8. The lowest BCUT2D eigenvalue weighted by Crippen LogP contribution is -2.46. The van der Waals surface area contributed by atoms with E-state index < -0.39 is 0 Å². The van der Waals surface area contributed by atoms with Gasteiger partial charge >= 0.3 is 0 Å². The molecule has 0 aliphatic carbocycles. The van der Waals surface area contributed by atoms with Crippen LogP contribution in [0.15, 0.2) is 22.7 Å². The van der Waals surface area contributed by atoms with E-state index in [-0.39, 0.29) is 11.9 Å². The van der Waals surface area contributed by atoms with E-state index in [9.17, 15) is 4.39 Å². The molecule has 3 rings (SSSR count). The molecule has 1 fully saturated rings. The molecule has 8 heteroatoms. The Labute approximate surface area is 151 Å². The summed E-state index contributed by atoms with van der Waals surface area (Å²) in [6.45, 7) is 6.72. The molecule has 25 heavy (non-hydrogen) atoms. The van der Waals surface area contributed by atoms with Crippen LogP contribution in [0.3, 0.4) is 0 Å². The highest BCUT2D eigenvalue weighted by Crippen LogP contribution is 2.23. The van der Waals surface area contributed by atoms with Crippen molar-refractivity contribution >= 4 is 11.6 Å². The fraction of sp³-hybridized carbons (Fsp3) is 0.529. The van der Waals surface area contributed by atoms with Gasteiger partial charge in [0, 0.05) is 44.9 Å². The van der Waals surface area contributed by atoms with Crippen molar-refractivity contribution in [3.05, 3.63) is 46.3 Å². The SMILES string of the molecule is COCc1noc(C(C)N2CCN(Cc3ccc(F)cc3Cl)CC2)n1. The third kappa shape index (κ3) is 4.55. The van der Waals surface area contributed by atoms with E-state index in [0.717, 1.165) is 38.3 Å². The van der Waals surface area contributed by atoms with Crippen LogP contribution in [0.25, 0.3) is 0 Å². The summed E-state index contributed by atoms with van der Waals surface area (Å²) in [7, 11) is 1.60. The molecular weight excluding hydrogens is 347 g/mol. The Morgan fingerprint density at radius 3 is 2.76 bits per heavy atom. The van der Waals surface area contributed by atoms with E-state index in [2.05, 4.69) is 26.9 Å².